The number of aliphatic carboxylic acids is 1. The van der Waals surface area contributed by atoms with Gasteiger partial charge in [-0.3, -0.25) is 4.79 Å². The van der Waals surface area contributed by atoms with Crippen LogP contribution in [0.4, 0.5) is 0 Å². The van der Waals surface area contributed by atoms with E-state index in [0.717, 1.165) is 25.7 Å². The summed E-state index contributed by atoms with van der Waals surface area (Å²) in [6.07, 6.45) is 5.50. The zero-order chi connectivity index (χ0) is 19.9. The molecule has 0 bridgehead atoms. The molecule has 4 rings (SSSR count). The molecule has 2 aromatic carbocycles. The van der Waals surface area contributed by atoms with Crippen LogP contribution < -0.4 is 0 Å². The average molecular weight is 378 g/mol. The highest BCUT2D eigenvalue weighted by Crippen LogP contribution is 2.48. The Morgan fingerprint density at radius 1 is 1.11 bits per heavy atom. The van der Waals surface area contributed by atoms with Crippen molar-refractivity contribution < 1.29 is 9.90 Å². The highest BCUT2D eigenvalue weighted by Gasteiger charge is 2.45. The molecule has 2 aromatic rings. The molecule has 0 heterocycles. The maximum Gasteiger partial charge on any atom is 0.310 e. The van der Waals surface area contributed by atoms with Crippen LogP contribution in [-0.2, 0) is 23.1 Å². The fourth-order valence-electron chi connectivity index (χ4n) is 5.46. The zero-order valence-electron chi connectivity index (χ0n) is 17.2. The Balaban J connectivity index is 1.65. The number of carboxylic acid groups (broad SMARTS) is 1. The van der Waals surface area contributed by atoms with Crippen molar-refractivity contribution >= 4 is 5.97 Å². The number of rotatable bonds is 4. The summed E-state index contributed by atoms with van der Waals surface area (Å²) >= 11 is 0. The molecule has 0 aromatic heterocycles. The van der Waals surface area contributed by atoms with E-state index in [1.807, 2.05) is 13.8 Å². The second kappa shape index (κ2) is 7.04. The Morgan fingerprint density at radius 2 is 1.75 bits per heavy atom. The Hall–Kier alpha value is -2.13. The van der Waals surface area contributed by atoms with Crippen LogP contribution in [-0.4, -0.2) is 35.6 Å². The van der Waals surface area contributed by atoms with Gasteiger partial charge in [0.1, 0.15) is 0 Å². The average Bonchev–Trinajstić information content (AvgIpc) is 3.02. The predicted octanol–water partition coefficient (Wildman–Crippen LogP) is 4.67. The number of carbonyl (C=O) groups is 1. The molecule has 1 N–H and O–H groups in total. The largest absolute Gasteiger partial charge is 0.481 e. The van der Waals surface area contributed by atoms with Gasteiger partial charge in [-0.25, -0.2) is 0 Å². The highest BCUT2D eigenvalue weighted by atomic mass is 16.4. The molecule has 28 heavy (non-hydrogen) atoms. The van der Waals surface area contributed by atoms with Crippen molar-refractivity contribution in [3.05, 3.63) is 70.8 Å². The van der Waals surface area contributed by atoms with Crippen LogP contribution in [0.3, 0.4) is 0 Å². The minimum absolute atomic E-state index is 0.162. The highest BCUT2D eigenvalue weighted by molar-refractivity contribution is 5.73. The zero-order valence-corrected chi connectivity index (χ0v) is 17.2. The fourth-order valence-corrected chi connectivity index (χ4v) is 5.46. The van der Waals surface area contributed by atoms with Crippen LogP contribution in [0.5, 0.6) is 0 Å². The Bertz CT molecular complexity index is 888. The molecule has 1 spiro atoms. The molecular weight excluding hydrogens is 346 g/mol. The molecule has 2 atom stereocenters. The molecule has 0 saturated heterocycles. The summed E-state index contributed by atoms with van der Waals surface area (Å²) in [5.74, 6) is -0.721. The Kier molecular flexibility index (Phi) is 4.83. The second-order valence-corrected chi connectivity index (χ2v) is 9.56. The summed E-state index contributed by atoms with van der Waals surface area (Å²) in [5.41, 5.74) is 5.35. The van der Waals surface area contributed by atoms with Crippen LogP contribution in [0.25, 0.3) is 0 Å². The molecule has 0 aliphatic heterocycles. The number of benzene rings is 2. The molecule has 3 nitrogen and oxygen atoms in total. The van der Waals surface area contributed by atoms with Crippen molar-refractivity contribution in [1.82, 2.24) is 4.90 Å². The third-order valence-electron chi connectivity index (χ3n) is 7.05. The van der Waals surface area contributed by atoms with E-state index >= 15 is 0 Å². The van der Waals surface area contributed by atoms with Gasteiger partial charge in [0.15, 0.2) is 0 Å². The summed E-state index contributed by atoms with van der Waals surface area (Å²) < 4.78 is 0. The lowest BCUT2D eigenvalue weighted by Crippen LogP contribution is -2.42. The van der Waals surface area contributed by atoms with Gasteiger partial charge >= 0.3 is 5.97 Å². The SMILES string of the molecule is CN(CC(C)(C)C(=O)O)C1CCC2(Cc3ccccc3Cc3ccccc32)C1. The van der Waals surface area contributed by atoms with Crippen molar-refractivity contribution in [3.8, 4) is 0 Å². The second-order valence-electron chi connectivity index (χ2n) is 9.56. The quantitative estimate of drug-likeness (QED) is 0.842. The Morgan fingerprint density at radius 3 is 2.46 bits per heavy atom. The van der Waals surface area contributed by atoms with Crippen LogP contribution in [0.2, 0.25) is 0 Å². The van der Waals surface area contributed by atoms with Gasteiger partial charge in [0.25, 0.3) is 0 Å². The summed E-state index contributed by atoms with van der Waals surface area (Å²) in [6, 6.07) is 18.3. The predicted molar refractivity (Wildman–Crippen MR) is 113 cm³/mol. The number of carboxylic acids is 1. The topological polar surface area (TPSA) is 40.5 Å². The minimum Gasteiger partial charge on any atom is -0.481 e. The molecular formula is C25H31NO2. The Labute approximate surface area is 168 Å². The van der Waals surface area contributed by atoms with Crippen molar-refractivity contribution in [2.75, 3.05) is 13.6 Å². The van der Waals surface area contributed by atoms with Crippen molar-refractivity contribution in [2.24, 2.45) is 5.41 Å². The van der Waals surface area contributed by atoms with Crippen LogP contribution in [0, 0.1) is 5.41 Å². The standard InChI is InChI=1S/C25H31NO2/c1-24(2,23(27)28)17-26(3)21-12-13-25(16-21)15-20-10-5-4-8-18(20)14-19-9-6-7-11-22(19)25/h4-11,21H,12-17H2,1-3H3,(H,27,28). The maximum atomic E-state index is 11.6. The van der Waals surface area contributed by atoms with Crippen LogP contribution >= 0.6 is 0 Å². The van der Waals surface area contributed by atoms with Gasteiger partial charge in [0.05, 0.1) is 5.41 Å². The van der Waals surface area contributed by atoms with E-state index in [9.17, 15) is 9.90 Å². The van der Waals surface area contributed by atoms with Gasteiger partial charge in [-0.15, -0.1) is 0 Å². The molecule has 1 saturated carbocycles. The number of hydrogen-bond donors (Lipinski definition) is 1. The smallest absolute Gasteiger partial charge is 0.310 e. The maximum absolute atomic E-state index is 11.6. The van der Waals surface area contributed by atoms with Gasteiger partial charge < -0.3 is 10.0 Å². The molecule has 2 aliphatic rings. The van der Waals surface area contributed by atoms with E-state index in [0.29, 0.717) is 12.6 Å². The van der Waals surface area contributed by atoms with E-state index in [-0.39, 0.29) is 5.41 Å². The van der Waals surface area contributed by atoms with Crippen molar-refractivity contribution in [3.63, 3.8) is 0 Å². The molecule has 2 unspecified atom stereocenters. The lowest BCUT2D eigenvalue weighted by atomic mass is 9.73. The summed E-state index contributed by atoms with van der Waals surface area (Å²) in [5, 5.41) is 9.53. The number of hydrogen-bond acceptors (Lipinski definition) is 2. The lowest BCUT2D eigenvalue weighted by Gasteiger charge is -2.34. The normalized spacial score (nSPS) is 24.1. The minimum atomic E-state index is -0.724. The molecule has 148 valence electrons. The summed E-state index contributed by atoms with van der Waals surface area (Å²) in [7, 11) is 2.10. The van der Waals surface area contributed by atoms with E-state index < -0.39 is 11.4 Å². The first kappa shape index (κ1) is 19.2. The lowest BCUT2D eigenvalue weighted by molar-refractivity contribution is -0.148. The molecule has 0 radical (unpaired) electrons. The van der Waals surface area contributed by atoms with Gasteiger partial charge in [-0.1, -0.05) is 48.5 Å². The van der Waals surface area contributed by atoms with Crippen LogP contribution in [0.15, 0.2) is 48.5 Å². The van der Waals surface area contributed by atoms with E-state index in [4.69, 9.17) is 0 Å². The first-order chi connectivity index (χ1) is 13.3. The molecule has 3 heteroatoms. The first-order valence-electron chi connectivity index (χ1n) is 10.4. The van der Waals surface area contributed by atoms with Crippen molar-refractivity contribution in [1.29, 1.82) is 0 Å². The first-order valence-corrected chi connectivity index (χ1v) is 10.4. The summed E-state index contributed by atoms with van der Waals surface area (Å²) in [6.45, 7) is 4.24. The van der Waals surface area contributed by atoms with E-state index in [1.165, 1.54) is 28.7 Å². The van der Waals surface area contributed by atoms with Gasteiger partial charge in [-0.05, 0) is 75.3 Å². The fraction of sp³-hybridized carbons (Fsp3) is 0.480. The third kappa shape index (κ3) is 3.37. The van der Waals surface area contributed by atoms with Gasteiger partial charge in [0.2, 0.25) is 0 Å². The molecule has 2 aliphatic carbocycles. The monoisotopic (exact) mass is 377 g/mol. The van der Waals surface area contributed by atoms with Crippen molar-refractivity contribution in [2.45, 2.75) is 57.4 Å². The van der Waals surface area contributed by atoms with Crippen LogP contribution in [0.1, 0.15) is 55.4 Å². The summed E-state index contributed by atoms with van der Waals surface area (Å²) in [4.78, 5) is 13.9. The molecule has 0 amide bonds. The van der Waals surface area contributed by atoms with Gasteiger partial charge in [0, 0.05) is 18.0 Å². The molecule has 1 fully saturated rings. The van der Waals surface area contributed by atoms with Gasteiger partial charge in [-0.2, -0.15) is 0 Å². The number of fused-ring (bicyclic) bond motifs is 3. The third-order valence-corrected chi connectivity index (χ3v) is 7.05. The number of nitrogens with zero attached hydrogens (tertiary/aromatic N) is 1. The van der Waals surface area contributed by atoms with E-state index in [2.05, 4.69) is 60.5 Å². The van der Waals surface area contributed by atoms with E-state index in [1.54, 1.807) is 0 Å².